The van der Waals surface area contributed by atoms with Crippen LogP contribution in [0, 0.1) is 5.82 Å². The van der Waals surface area contributed by atoms with Crippen LogP contribution >= 0.6 is 15.9 Å². The lowest BCUT2D eigenvalue weighted by Crippen LogP contribution is -2.31. The highest BCUT2D eigenvalue weighted by atomic mass is 79.9. The molecule has 0 saturated carbocycles. The lowest BCUT2D eigenvalue weighted by atomic mass is 10.2. The van der Waals surface area contributed by atoms with Gasteiger partial charge in [-0.25, -0.2) is 14.4 Å². The highest BCUT2D eigenvalue weighted by molar-refractivity contribution is 9.10. The number of aromatic nitrogens is 2. The third-order valence-corrected chi connectivity index (χ3v) is 4.31. The van der Waals surface area contributed by atoms with Crippen molar-refractivity contribution in [2.75, 3.05) is 11.4 Å². The molecule has 7 heteroatoms. The molecule has 0 saturated heterocycles. The number of halogens is 2. The average molecular weight is 418 g/mol. The standard InChI is InChI=1S/C19H17BrFN3O2/c1-2-24(17-8-5-14(20)11-22-17)19(25)10-9-18-23-12-16(26-18)13-3-6-15(21)7-4-13/h3-8,11-12H,2,9-10H2,1H3. The first-order chi connectivity index (χ1) is 12.6. The number of nitrogens with zero attached hydrogens (tertiary/aromatic N) is 3. The predicted molar refractivity (Wildman–Crippen MR) is 100 cm³/mol. The Morgan fingerprint density at radius 1 is 1.15 bits per heavy atom. The van der Waals surface area contributed by atoms with Gasteiger partial charge in [-0.05, 0) is 59.3 Å². The lowest BCUT2D eigenvalue weighted by molar-refractivity contribution is -0.118. The van der Waals surface area contributed by atoms with E-state index in [4.69, 9.17) is 4.42 Å². The van der Waals surface area contributed by atoms with E-state index >= 15 is 0 Å². The van der Waals surface area contributed by atoms with E-state index < -0.39 is 0 Å². The largest absolute Gasteiger partial charge is 0.441 e. The Balaban J connectivity index is 1.63. The lowest BCUT2D eigenvalue weighted by Gasteiger charge is -2.19. The monoisotopic (exact) mass is 417 g/mol. The molecule has 0 aliphatic heterocycles. The van der Waals surface area contributed by atoms with Gasteiger partial charge in [0.1, 0.15) is 11.6 Å². The number of oxazole rings is 1. The molecular formula is C19H17BrFN3O2. The molecule has 1 amide bonds. The average Bonchev–Trinajstić information content (AvgIpc) is 3.12. The SMILES string of the molecule is CCN(C(=O)CCc1ncc(-c2ccc(F)cc2)o1)c1ccc(Br)cn1. The Labute approximate surface area is 159 Å². The first kappa shape index (κ1) is 18.3. The Hall–Kier alpha value is -2.54. The van der Waals surface area contributed by atoms with Crippen LogP contribution < -0.4 is 4.90 Å². The summed E-state index contributed by atoms with van der Waals surface area (Å²) in [5.74, 6) is 1.27. The maximum Gasteiger partial charge on any atom is 0.228 e. The van der Waals surface area contributed by atoms with Crippen LogP contribution in [0.25, 0.3) is 11.3 Å². The van der Waals surface area contributed by atoms with Crippen LogP contribution in [0.1, 0.15) is 19.2 Å². The van der Waals surface area contributed by atoms with Crippen molar-refractivity contribution >= 4 is 27.7 Å². The zero-order valence-corrected chi connectivity index (χ0v) is 15.7. The van der Waals surface area contributed by atoms with Gasteiger partial charge in [0.2, 0.25) is 5.91 Å². The van der Waals surface area contributed by atoms with Gasteiger partial charge >= 0.3 is 0 Å². The molecular weight excluding hydrogens is 401 g/mol. The van der Waals surface area contributed by atoms with Crippen molar-refractivity contribution in [3.05, 3.63) is 65.0 Å². The molecule has 0 bridgehead atoms. The van der Waals surface area contributed by atoms with Gasteiger partial charge in [-0.1, -0.05) is 0 Å². The van der Waals surface area contributed by atoms with E-state index in [1.54, 1.807) is 35.5 Å². The van der Waals surface area contributed by atoms with Gasteiger partial charge in [-0.15, -0.1) is 0 Å². The minimum atomic E-state index is -0.305. The second-order valence-electron chi connectivity index (χ2n) is 5.60. The number of pyridine rings is 1. The van der Waals surface area contributed by atoms with Gasteiger partial charge in [0, 0.05) is 35.6 Å². The fourth-order valence-electron chi connectivity index (χ4n) is 2.52. The van der Waals surface area contributed by atoms with E-state index in [0.717, 1.165) is 10.0 Å². The molecule has 0 atom stereocenters. The minimum Gasteiger partial charge on any atom is -0.441 e. The molecule has 26 heavy (non-hydrogen) atoms. The second kappa shape index (κ2) is 8.23. The van der Waals surface area contributed by atoms with E-state index in [9.17, 15) is 9.18 Å². The van der Waals surface area contributed by atoms with Crippen molar-refractivity contribution in [1.29, 1.82) is 0 Å². The minimum absolute atomic E-state index is 0.0520. The molecule has 134 valence electrons. The number of benzene rings is 1. The predicted octanol–water partition coefficient (Wildman–Crippen LogP) is 4.62. The molecule has 0 aliphatic rings. The van der Waals surface area contributed by atoms with Crippen LogP contribution in [0.15, 0.2) is 57.7 Å². The number of carbonyl (C=O) groups is 1. The summed E-state index contributed by atoms with van der Waals surface area (Å²) in [6.45, 7) is 2.43. The summed E-state index contributed by atoms with van der Waals surface area (Å²) >= 11 is 3.33. The molecule has 3 aromatic rings. The Bertz CT molecular complexity index is 879. The van der Waals surface area contributed by atoms with Crippen molar-refractivity contribution < 1.29 is 13.6 Å². The number of hydrogen-bond donors (Lipinski definition) is 0. The van der Waals surface area contributed by atoms with Gasteiger partial charge in [-0.2, -0.15) is 0 Å². The number of hydrogen-bond acceptors (Lipinski definition) is 4. The van der Waals surface area contributed by atoms with Crippen molar-refractivity contribution in [3.63, 3.8) is 0 Å². The van der Waals surface area contributed by atoms with Crippen molar-refractivity contribution in [2.24, 2.45) is 0 Å². The van der Waals surface area contributed by atoms with Crippen molar-refractivity contribution in [1.82, 2.24) is 9.97 Å². The maximum absolute atomic E-state index is 13.0. The number of aryl methyl sites for hydroxylation is 1. The smallest absolute Gasteiger partial charge is 0.228 e. The summed E-state index contributed by atoms with van der Waals surface area (Å²) < 4.78 is 19.5. The van der Waals surface area contributed by atoms with E-state index in [-0.39, 0.29) is 18.1 Å². The molecule has 0 aliphatic carbocycles. The van der Waals surface area contributed by atoms with Gasteiger partial charge in [0.15, 0.2) is 11.7 Å². The molecule has 0 unspecified atom stereocenters. The Morgan fingerprint density at radius 2 is 1.92 bits per heavy atom. The van der Waals surface area contributed by atoms with Crippen LogP contribution in [0.5, 0.6) is 0 Å². The summed E-state index contributed by atoms with van der Waals surface area (Å²) in [5, 5.41) is 0. The molecule has 2 heterocycles. The summed E-state index contributed by atoms with van der Waals surface area (Å²) in [5.41, 5.74) is 0.741. The molecule has 3 rings (SSSR count). The van der Waals surface area contributed by atoms with Crippen LogP contribution in [0.3, 0.4) is 0 Å². The number of carbonyl (C=O) groups excluding carboxylic acids is 1. The molecule has 2 aromatic heterocycles. The first-order valence-corrected chi connectivity index (χ1v) is 8.98. The van der Waals surface area contributed by atoms with Crippen LogP contribution in [-0.4, -0.2) is 22.4 Å². The first-order valence-electron chi connectivity index (χ1n) is 8.19. The molecule has 5 nitrogen and oxygen atoms in total. The second-order valence-corrected chi connectivity index (χ2v) is 6.51. The summed E-state index contributed by atoms with van der Waals surface area (Å²) in [6, 6.07) is 9.63. The summed E-state index contributed by atoms with van der Waals surface area (Å²) in [6.07, 6.45) is 3.89. The van der Waals surface area contributed by atoms with E-state index in [2.05, 4.69) is 25.9 Å². The normalized spacial score (nSPS) is 10.7. The molecule has 0 radical (unpaired) electrons. The van der Waals surface area contributed by atoms with Gasteiger partial charge in [0.05, 0.1) is 6.20 Å². The van der Waals surface area contributed by atoms with Crippen molar-refractivity contribution in [3.8, 4) is 11.3 Å². The molecule has 0 spiro atoms. The van der Waals surface area contributed by atoms with Crippen LogP contribution in [0.4, 0.5) is 10.2 Å². The maximum atomic E-state index is 13.0. The number of rotatable bonds is 6. The Kier molecular flexibility index (Phi) is 5.78. The van der Waals surface area contributed by atoms with E-state index in [1.807, 2.05) is 13.0 Å². The zero-order valence-electron chi connectivity index (χ0n) is 14.2. The number of amides is 1. The van der Waals surface area contributed by atoms with Crippen molar-refractivity contribution in [2.45, 2.75) is 19.8 Å². The topological polar surface area (TPSA) is 59.2 Å². The van der Waals surface area contributed by atoms with Gasteiger partial charge in [0.25, 0.3) is 0 Å². The quantitative estimate of drug-likeness (QED) is 0.586. The molecule has 0 fully saturated rings. The molecule has 1 aromatic carbocycles. The highest BCUT2D eigenvalue weighted by Gasteiger charge is 2.16. The Morgan fingerprint density at radius 3 is 2.58 bits per heavy atom. The summed E-state index contributed by atoms with van der Waals surface area (Å²) in [7, 11) is 0. The van der Waals surface area contributed by atoms with Gasteiger partial charge in [-0.3, -0.25) is 9.69 Å². The van der Waals surface area contributed by atoms with E-state index in [0.29, 0.717) is 30.4 Å². The summed E-state index contributed by atoms with van der Waals surface area (Å²) in [4.78, 5) is 22.6. The highest BCUT2D eigenvalue weighted by Crippen LogP contribution is 2.22. The fourth-order valence-corrected chi connectivity index (χ4v) is 2.75. The number of anilines is 1. The third kappa shape index (κ3) is 4.35. The fraction of sp³-hybridized carbons (Fsp3) is 0.211. The van der Waals surface area contributed by atoms with Crippen LogP contribution in [-0.2, 0) is 11.2 Å². The third-order valence-electron chi connectivity index (χ3n) is 3.84. The molecule has 0 N–H and O–H groups in total. The zero-order chi connectivity index (χ0) is 18.5. The van der Waals surface area contributed by atoms with E-state index in [1.165, 1.54) is 12.1 Å². The van der Waals surface area contributed by atoms with Crippen LogP contribution in [0.2, 0.25) is 0 Å². The van der Waals surface area contributed by atoms with Gasteiger partial charge < -0.3 is 4.42 Å².